The summed E-state index contributed by atoms with van der Waals surface area (Å²) in [5.74, 6) is 1.29. The van der Waals surface area contributed by atoms with Crippen LogP contribution in [-0.2, 0) is 22.2 Å². The predicted molar refractivity (Wildman–Crippen MR) is 141 cm³/mol. The summed E-state index contributed by atoms with van der Waals surface area (Å²) < 4.78 is 55.5. The minimum atomic E-state index is -4.35. The average molecular weight is 542 g/mol. The van der Waals surface area contributed by atoms with Crippen LogP contribution in [0.25, 0.3) is 11.0 Å². The summed E-state index contributed by atoms with van der Waals surface area (Å²) in [4.78, 5) is 14.5. The number of fused-ring (bicyclic) bond motifs is 1. The largest absolute Gasteiger partial charge is 0.491 e. The molecule has 8 nitrogen and oxygen atoms in total. The number of hydrogen-bond donors (Lipinski definition) is 2. The van der Waals surface area contributed by atoms with Crippen molar-refractivity contribution in [1.82, 2.24) is 19.9 Å². The summed E-state index contributed by atoms with van der Waals surface area (Å²) in [5.41, 5.74) is 2.54. The first kappa shape index (κ1) is 26.9. The second kappa shape index (κ2) is 12.0. The van der Waals surface area contributed by atoms with Crippen LogP contribution in [0.4, 0.5) is 19.0 Å². The van der Waals surface area contributed by atoms with Crippen molar-refractivity contribution in [2.45, 2.75) is 18.8 Å². The number of nitrogens with one attached hydrogen (secondary N) is 2. The molecule has 1 saturated heterocycles. The molecule has 206 valence electrons. The highest BCUT2D eigenvalue weighted by Crippen LogP contribution is 2.33. The summed E-state index contributed by atoms with van der Waals surface area (Å²) in [5, 5.41) is 4.04. The van der Waals surface area contributed by atoms with Crippen molar-refractivity contribution in [3.63, 3.8) is 0 Å². The van der Waals surface area contributed by atoms with Crippen LogP contribution in [0.5, 0.6) is 5.75 Å². The zero-order valence-electron chi connectivity index (χ0n) is 21.5. The van der Waals surface area contributed by atoms with E-state index in [2.05, 4.69) is 25.2 Å². The van der Waals surface area contributed by atoms with Gasteiger partial charge in [0.25, 0.3) is 0 Å². The number of rotatable bonds is 10. The minimum Gasteiger partial charge on any atom is -0.491 e. The summed E-state index contributed by atoms with van der Waals surface area (Å²) in [6, 6.07) is 10.8. The van der Waals surface area contributed by atoms with Crippen molar-refractivity contribution in [1.29, 1.82) is 0 Å². The van der Waals surface area contributed by atoms with Crippen molar-refractivity contribution in [3.05, 3.63) is 83.3 Å². The number of anilines is 1. The van der Waals surface area contributed by atoms with Gasteiger partial charge in [0.2, 0.25) is 0 Å². The van der Waals surface area contributed by atoms with Gasteiger partial charge in [-0.2, -0.15) is 13.2 Å². The van der Waals surface area contributed by atoms with Gasteiger partial charge in [0.05, 0.1) is 25.0 Å². The van der Waals surface area contributed by atoms with Crippen LogP contribution in [0.1, 0.15) is 28.4 Å². The highest BCUT2D eigenvalue weighted by atomic mass is 19.4. The van der Waals surface area contributed by atoms with Gasteiger partial charge in [-0.1, -0.05) is 18.2 Å². The fraction of sp³-hybridized carbons (Fsp3) is 0.357. The van der Waals surface area contributed by atoms with Crippen LogP contribution in [0.15, 0.2) is 61.1 Å². The van der Waals surface area contributed by atoms with E-state index in [-0.39, 0.29) is 6.10 Å². The monoisotopic (exact) mass is 541 g/mol. The molecule has 3 aromatic heterocycles. The van der Waals surface area contributed by atoms with Crippen LogP contribution in [0, 0.1) is 0 Å². The number of halogens is 3. The first-order valence-corrected chi connectivity index (χ1v) is 12.7. The van der Waals surface area contributed by atoms with Crippen molar-refractivity contribution in [2.24, 2.45) is 0 Å². The Morgan fingerprint density at radius 2 is 1.87 bits per heavy atom. The lowest BCUT2D eigenvalue weighted by molar-refractivity contribution is -0.137. The Morgan fingerprint density at radius 1 is 1.08 bits per heavy atom. The summed E-state index contributed by atoms with van der Waals surface area (Å²) >= 11 is 0. The highest BCUT2D eigenvalue weighted by molar-refractivity contribution is 5.82. The average Bonchev–Trinajstić information content (AvgIpc) is 3.36. The standard InChI is InChI=1S/C28H30F3N5O3/c1-37-26(20-4-7-25(33-16-20)32-15-19-2-5-21(6-3-19)28(29,30)31)24-18-35-27-23(24)14-22(17-34-27)39-13-10-36-8-11-38-12-9-36/h2-7,14,16-18,26H,8-13,15H2,1H3,(H,32,33)(H,34,35). The molecule has 1 atom stereocenters. The molecule has 1 aromatic carbocycles. The van der Waals surface area contributed by atoms with Gasteiger partial charge in [-0.25, -0.2) is 9.97 Å². The fourth-order valence-electron chi connectivity index (χ4n) is 4.53. The molecule has 5 rings (SSSR count). The number of aromatic amines is 1. The Hall–Kier alpha value is -3.67. The molecular formula is C28H30F3N5O3. The van der Waals surface area contributed by atoms with Crippen molar-refractivity contribution in [3.8, 4) is 5.75 Å². The predicted octanol–water partition coefficient (Wildman–Crippen LogP) is 5.04. The second-order valence-corrected chi connectivity index (χ2v) is 9.25. The maximum Gasteiger partial charge on any atom is 0.416 e. The molecule has 0 saturated carbocycles. The number of morpholine rings is 1. The molecule has 1 fully saturated rings. The third-order valence-electron chi connectivity index (χ3n) is 6.68. The summed E-state index contributed by atoms with van der Waals surface area (Å²) in [6.45, 7) is 5.07. The molecule has 0 spiro atoms. The molecule has 4 aromatic rings. The molecule has 0 bridgehead atoms. The molecule has 1 aliphatic heterocycles. The molecule has 0 amide bonds. The van der Waals surface area contributed by atoms with E-state index in [1.807, 2.05) is 24.4 Å². The van der Waals surface area contributed by atoms with Gasteiger partial charge in [-0.3, -0.25) is 4.90 Å². The van der Waals surface area contributed by atoms with Crippen LogP contribution >= 0.6 is 0 Å². The van der Waals surface area contributed by atoms with Gasteiger partial charge in [0.1, 0.15) is 29.9 Å². The Kier molecular flexibility index (Phi) is 8.30. The Balaban J connectivity index is 1.23. The topological polar surface area (TPSA) is 84.5 Å². The fourth-order valence-corrected chi connectivity index (χ4v) is 4.53. The number of ether oxygens (including phenoxy) is 3. The van der Waals surface area contributed by atoms with Crippen molar-refractivity contribution >= 4 is 16.9 Å². The van der Waals surface area contributed by atoms with E-state index in [1.165, 1.54) is 12.1 Å². The minimum absolute atomic E-state index is 0.348. The number of aromatic nitrogens is 3. The van der Waals surface area contributed by atoms with Gasteiger partial charge in [-0.15, -0.1) is 0 Å². The van der Waals surface area contributed by atoms with E-state index < -0.39 is 11.7 Å². The molecule has 11 heteroatoms. The normalized spacial score (nSPS) is 15.4. The van der Waals surface area contributed by atoms with E-state index in [1.54, 1.807) is 19.5 Å². The highest BCUT2D eigenvalue weighted by Gasteiger charge is 2.29. The number of methoxy groups -OCH3 is 1. The van der Waals surface area contributed by atoms with E-state index in [0.29, 0.717) is 24.7 Å². The summed E-state index contributed by atoms with van der Waals surface area (Å²) in [6.07, 6.45) is 0.570. The Morgan fingerprint density at radius 3 is 2.56 bits per heavy atom. The number of pyridine rings is 2. The molecular weight excluding hydrogens is 511 g/mol. The lowest BCUT2D eigenvalue weighted by atomic mass is 10.0. The second-order valence-electron chi connectivity index (χ2n) is 9.25. The Bertz CT molecular complexity index is 1350. The molecule has 39 heavy (non-hydrogen) atoms. The van der Waals surface area contributed by atoms with Crippen LogP contribution < -0.4 is 10.1 Å². The molecule has 1 unspecified atom stereocenters. The van der Waals surface area contributed by atoms with Crippen LogP contribution in [-0.4, -0.2) is 66.4 Å². The third-order valence-corrected chi connectivity index (χ3v) is 6.68. The van der Waals surface area contributed by atoms with E-state index in [0.717, 1.165) is 72.7 Å². The smallest absolute Gasteiger partial charge is 0.416 e. The number of hydrogen-bond acceptors (Lipinski definition) is 7. The number of nitrogens with zero attached hydrogens (tertiary/aromatic N) is 3. The zero-order chi connectivity index (χ0) is 27.2. The van der Waals surface area contributed by atoms with E-state index in [4.69, 9.17) is 14.2 Å². The maximum absolute atomic E-state index is 12.8. The van der Waals surface area contributed by atoms with Gasteiger partial charge in [-0.05, 0) is 29.8 Å². The molecule has 0 radical (unpaired) electrons. The first-order valence-electron chi connectivity index (χ1n) is 12.7. The maximum atomic E-state index is 12.8. The number of benzene rings is 1. The molecule has 2 N–H and O–H groups in total. The van der Waals surface area contributed by atoms with Crippen LogP contribution in [0.2, 0.25) is 0 Å². The molecule has 4 heterocycles. The molecule has 0 aliphatic carbocycles. The summed E-state index contributed by atoms with van der Waals surface area (Å²) in [7, 11) is 1.64. The quantitative estimate of drug-likeness (QED) is 0.291. The number of H-pyrrole nitrogens is 1. The molecule has 1 aliphatic rings. The van der Waals surface area contributed by atoms with Gasteiger partial charge >= 0.3 is 6.18 Å². The number of alkyl halides is 3. The van der Waals surface area contributed by atoms with Crippen molar-refractivity contribution < 1.29 is 27.4 Å². The lowest BCUT2D eigenvalue weighted by Crippen LogP contribution is -2.38. The van der Waals surface area contributed by atoms with Gasteiger partial charge < -0.3 is 24.5 Å². The van der Waals surface area contributed by atoms with Gasteiger partial charge in [0.15, 0.2) is 0 Å². The van der Waals surface area contributed by atoms with E-state index in [9.17, 15) is 13.2 Å². The first-order chi connectivity index (χ1) is 18.9. The third kappa shape index (κ3) is 6.67. The SMILES string of the molecule is COC(c1ccc(NCc2ccc(C(F)(F)F)cc2)nc1)c1c[nH]c2ncc(OCCN3CCOCC3)cc12. The van der Waals surface area contributed by atoms with Crippen molar-refractivity contribution in [2.75, 3.05) is 51.9 Å². The Labute approximate surface area is 224 Å². The van der Waals surface area contributed by atoms with Crippen LogP contribution in [0.3, 0.4) is 0 Å². The lowest BCUT2D eigenvalue weighted by Gasteiger charge is -2.26. The van der Waals surface area contributed by atoms with Gasteiger partial charge in [0, 0.05) is 62.2 Å². The van der Waals surface area contributed by atoms with E-state index >= 15 is 0 Å². The zero-order valence-corrected chi connectivity index (χ0v) is 21.5.